The second-order valence-corrected chi connectivity index (χ2v) is 4.29. The summed E-state index contributed by atoms with van der Waals surface area (Å²) in [5, 5.41) is 24.8. The number of primary amides is 1. The van der Waals surface area contributed by atoms with E-state index in [4.69, 9.17) is 15.6 Å². The molecule has 1 rings (SSSR count). The topological polar surface area (TPSA) is 157 Å². The summed E-state index contributed by atoms with van der Waals surface area (Å²) in [4.78, 5) is 32.5. The number of carboxylic acid groups (broad SMARTS) is 1. The molecule has 0 heterocycles. The van der Waals surface area contributed by atoms with Gasteiger partial charge in [-0.2, -0.15) is 0 Å². The minimum Gasteiger partial charge on any atom is -0.494 e. The van der Waals surface area contributed by atoms with E-state index in [0.717, 1.165) is 6.07 Å². The average Bonchev–Trinajstić information content (AvgIpc) is 2.46. The highest BCUT2D eigenvalue weighted by Gasteiger charge is 2.24. The molecule has 0 aliphatic carbocycles. The van der Waals surface area contributed by atoms with Gasteiger partial charge in [-0.05, 0) is 19.1 Å². The number of nitrogens with two attached hydrogens (primary N) is 1. The molecule has 23 heavy (non-hydrogen) atoms. The summed E-state index contributed by atoms with van der Waals surface area (Å²) < 4.78 is 5.04. The van der Waals surface area contributed by atoms with Gasteiger partial charge in [0, 0.05) is 11.6 Å². The van der Waals surface area contributed by atoms with Crippen molar-refractivity contribution in [2.24, 2.45) is 5.73 Å². The second kappa shape index (κ2) is 7.64. The van der Waals surface area contributed by atoms with Crippen molar-refractivity contribution in [1.82, 2.24) is 5.32 Å². The fourth-order valence-corrected chi connectivity index (χ4v) is 1.81. The van der Waals surface area contributed by atoms with Crippen LogP contribution in [0.2, 0.25) is 0 Å². The molecule has 2 amide bonds. The Balaban J connectivity index is 3.39. The van der Waals surface area contributed by atoms with Crippen LogP contribution in [0.1, 0.15) is 17.3 Å². The van der Waals surface area contributed by atoms with Gasteiger partial charge in [-0.15, -0.1) is 0 Å². The monoisotopic (exact) mass is 324 g/mol. The molecule has 0 aliphatic rings. The van der Waals surface area contributed by atoms with Crippen molar-refractivity contribution in [3.8, 4) is 5.75 Å². The zero-order valence-corrected chi connectivity index (χ0v) is 12.4. The fraction of sp³-hybridized carbons (Fsp3) is 0.231. The molecule has 10 heteroatoms. The quantitative estimate of drug-likeness (QED) is 0.254. The van der Waals surface area contributed by atoms with Crippen molar-refractivity contribution in [1.29, 1.82) is 0 Å². The molecule has 0 spiro atoms. The van der Waals surface area contributed by atoms with E-state index in [9.17, 15) is 19.7 Å². The molecule has 0 bridgehead atoms. The van der Waals surface area contributed by atoms with E-state index in [1.807, 2.05) is 0 Å². The number of nitrogens with zero attached hydrogens (tertiary/aromatic N) is 1. The summed E-state index contributed by atoms with van der Waals surface area (Å²) in [6.45, 7) is 1.65. The number of carbonyl (C=O) groups is 2. The standard InChI is InChI=1S/C13H16N4O6/c1-3-4-10(16-13(19)20)15-11-8(17(21)22)5-7(12(14)18)6-9(11)23-2/h3-6,10,15-16H,1-2H3,(H2,14,18)(H,19,20). The SMILES string of the molecule is CC=CC(NC(=O)O)Nc1c(OC)cc(C(N)=O)cc1[N+](=O)[O-]. The van der Waals surface area contributed by atoms with Crippen molar-refractivity contribution < 1.29 is 24.4 Å². The third kappa shape index (κ3) is 4.59. The minimum absolute atomic E-state index is 0.0188. The molecule has 0 saturated heterocycles. The van der Waals surface area contributed by atoms with E-state index in [2.05, 4.69) is 10.6 Å². The van der Waals surface area contributed by atoms with Crippen LogP contribution in [-0.2, 0) is 0 Å². The fourth-order valence-electron chi connectivity index (χ4n) is 1.81. The Morgan fingerprint density at radius 1 is 1.48 bits per heavy atom. The first kappa shape index (κ1) is 17.8. The maximum absolute atomic E-state index is 11.2. The molecule has 1 aromatic rings. The van der Waals surface area contributed by atoms with Crippen molar-refractivity contribution in [3.05, 3.63) is 40.0 Å². The first-order valence-corrected chi connectivity index (χ1v) is 6.35. The Labute approximate surface area is 131 Å². The third-order valence-electron chi connectivity index (χ3n) is 2.75. The van der Waals surface area contributed by atoms with E-state index in [1.165, 1.54) is 19.3 Å². The molecule has 124 valence electrons. The van der Waals surface area contributed by atoms with Crippen LogP contribution in [0.5, 0.6) is 5.75 Å². The maximum atomic E-state index is 11.2. The van der Waals surface area contributed by atoms with Crippen LogP contribution in [-0.4, -0.2) is 35.3 Å². The largest absolute Gasteiger partial charge is 0.494 e. The van der Waals surface area contributed by atoms with Gasteiger partial charge in [0.2, 0.25) is 5.91 Å². The van der Waals surface area contributed by atoms with E-state index in [1.54, 1.807) is 13.0 Å². The minimum atomic E-state index is -1.32. The first-order valence-electron chi connectivity index (χ1n) is 6.35. The van der Waals surface area contributed by atoms with Gasteiger partial charge < -0.3 is 20.9 Å². The van der Waals surface area contributed by atoms with E-state index in [0.29, 0.717) is 0 Å². The zero-order valence-electron chi connectivity index (χ0n) is 12.4. The molecule has 1 aromatic carbocycles. The predicted octanol–water partition coefficient (Wildman–Crippen LogP) is 1.28. The third-order valence-corrected chi connectivity index (χ3v) is 2.75. The summed E-state index contributed by atoms with van der Waals surface area (Å²) in [5.74, 6) is -0.874. The lowest BCUT2D eigenvalue weighted by Crippen LogP contribution is -2.38. The molecular weight excluding hydrogens is 308 g/mol. The van der Waals surface area contributed by atoms with Crippen LogP contribution in [0.25, 0.3) is 0 Å². The number of hydrogen-bond acceptors (Lipinski definition) is 6. The number of rotatable bonds is 7. The number of amides is 2. The van der Waals surface area contributed by atoms with Gasteiger partial charge >= 0.3 is 6.09 Å². The number of anilines is 1. The summed E-state index contributed by atoms with van der Waals surface area (Å²) in [6.07, 6.45) is 0.740. The Bertz CT molecular complexity index is 658. The van der Waals surface area contributed by atoms with Gasteiger partial charge in [-0.1, -0.05) is 6.08 Å². The molecule has 5 N–H and O–H groups in total. The molecule has 0 aromatic heterocycles. The van der Waals surface area contributed by atoms with Crippen LogP contribution >= 0.6 is 0 Å². The predicted molar refractivity (Wildman–Crippen MR) is 81.6 cm³/mol. The highest BCUT2D eigenvalue weighted by Crippen LogP contribution is 2.36. The number of methoxy groups -OCH3 is 1. The van der Waals surface area contributed by atoms with Crippen LogP contribution < -0.4 is 21.1 Å². The highest BCUT2D eigenvalue weighted by molar-refractivity contribution is 5.95. The number of nitro benzene ring substituents is 1. The number of ether oxygens (including phenoxy) is 1. The summed E-state index contributed by atoms with van der Waals surface area (Å²) in [5.41, 5.74) is 4.47. The smallest absolute Gasteiger partial charge is 0.406 e. The normalized spacial score (nSPS) is 11.7. The van der Waals surface area contributed by atoms with Crippen molar-refractivity contribution in [2.75, 3.05) is 12.4 Å². The van der Waals surface area contributed by atoms with Crippen LogP contribution in [0.4, 0.5) is 16.2 Å². The second-order valence-electron chi connectivity index (χ2n) is 4.29. The zero-order chi connectivity index (χ0) is 17.6. The molecule has 0 radical (unpaired) electrons. The Kier molecular flexibility index (Phi) is 5.89. The lowest BCUT2D eigenvalue weighted by atomic mass is 10.1. The van der Waals surface area contributed by atoms with Crippen molar-refractivity contribution in [3.63, 3.8) is 0 Å². The van der Waals surface area contributed by atoms with Gasteiger partial charge in [0.15, 0.2) is 5.69 Å². The first-order chi connectivity index (χ1) is 10.8. The molecule has 10 nitrogen and oxygen atoms in total. The van der Waals surface area contributed by atoms with E-state index < -0.39 is 28.8 Å². The molecule has 0 aliphatic heterocycles. The maximum Gasteiger partial charge on any atom is 0.406 e. The van der Waals surface area contributed by atoms with Gasteiger partial charge in [0.1, 0.15) is 11.9 Å². The number of hydrogen-bond donors (Lipinski definition) is 4. The highest BCUT2D eigenvalue weighted by atomic mass is 16.6. The summed E-state index contributed by atoms with van der Waals surface area (Å²) >= 11 is 0. The van der Waals surface area contributed by atoms with Gasteiger partial charge in [0.25, 0.3) is 5.69 Å². The lowest BCUT2D eigenvalue weighted by Gasteiger charge is -2.18. The molecule has 1 unspecified atom stereocenters. The summed E-state index contributed by atoms with van der Waals surface area (Å²) in [6, 6.07) is 2.21. The van der Waals surface area contributed by atoms with Crippen molar-refractivity contribution >= 4 is 23.4 Å². The Morgan fingerprint density at radius 3 is 2.57 bits per heavy atom. The Hall–Kier alpha value is -3.30. The number of nitro groups is 1. The summed E-state index contributed by atoms with van der Waals surface area (Å²) in [7, 11) is 1.25. The van der Waals surface area contributed by atoms with Gasteiger partial charge in [-0.25, -0.2) is 4.79 Å². The van der Waals surface area contributed by atoms with E-state index >= 15 is 0 Å². The Morgan fingerprint density at radius 2 is 2.13 bits per heavy atom. The molecule has 0 fully saturated rings. The number of nitrogens with one attached hydrogen (secondary N) is 2. The average molecular weight is 324 g/mol. The number of benzene rings is 1. The molecular formula is C13H16N4O6. The number of allylic oxidation sites excluding steroid dienone is 1. The van der Waals surface area contributed by atoms with E-state index in [-0.39, 0.29) is 17.0 Å². The lowest BCUT2D eigenvalue weighted by molar-refractivity contribution is -0.384. The van der Waals surface area contributed by atoms with Crippen molar-refractivity contribution in [2.45, 2.75) is 13.1 Å². The van der Waals surface area contributed by atoms with Crippen LogP contribution in [0.3, 0.4) is 0 Å². The van der Waals surface area contributed by atoms with Crippen LogP contribution in [0, 0.1) is 10.1 Å². The molecule has 1 atom stereocenters. The van der Waals surface area contributed by atoms with Gasteiger partial charge in [0.05, 0.1) is 12.0 Å². The number of carbonyl (C=O) groups excluding carboxylic acids is 1. The molecule has 0 saturated carbocycles. The van der Waals surface area contributed by atoms with Gasteiger partial charge in [-0.3, -0.25) is 20.2 Å². The van der Waals surface area contributed by atoms with Crippen LogP contribution in [0.15, 0.2) is 24.3 Å².